The lowest BCUT2D eigenvalue weighted by atomic mass is 10.1. The van der Waals surface area contributed by atoms with Gasteiger partial charge in [0.2, 0.25) is 5.91 Å². The number of benzene rings is 2. The van der Waals surface area contributed by atoms with Crippen molar-refractivity contribution in [2.24, 2.45) is 5.92 Å². The summed E-state index contributed by atoms with van der Waals surface area (Å²) in [5.74, 6) is -1.73. The molecular weight excluding hydrogens is 356 g/mol. The number of nitrogens with one attached hydrogen (secondary N) is 1. The van der Waals surface area contributed by atoms with E-state index in [1.165, 1.54) is 0 Å². The van der Waals surface area contributed by atoms with E-state index >= 15 is 0 Å². The van der Waals surface area contributed by atoms with Crippen LogP contribution in [-0.4, -0.2) is 38.0 Å². The third kappa shape index (κ3) is 2.61. The number of nitrogens with zero attached hydrogens (tertiary/aromatic N) is 1. The first-order valence-electron chi connectivity index (χ1n) is 8.44. The van der Waals surface area contributed by atoms with Crippen molar-refractivity contribution in [3.8, 4) is 0 Å². The molecule has 0 unspecified atom stereocenters. The van der Waals surface area contributed by atoms with E-state index in [0.717, 1.165) is 9.69 Å². The quantitative estimate of drug-likeness (QED) is 0.848. The van der Waals surface area contributed by atoms with E-state index in [2.05, 4.69) is 5.32 Å². The normalized spacial score (nSPS) is 23.3. The largest absolute Gasteiger partial charge is 0.481 e. The lowest BCUT2D eigenvalue weighted by Crippen LogP contribution is -2.42. The van der Waals surface area contributed by atoms with Crippen molar-refractivity contribution < 1.29 is 23.1 Å². The van der Waals surface area contributed by atoms with Crippen LogP contribution in [0.3, 0.4) is 0 Å². The van der Waals surface area contributed by atoms with Crippen LogP contribution in [0.5, 0.6) is 0 Å². The number of carbonyl (C=O) groups excluding carboxylic acids is 1. The van der Waals surface area contributed by atoms with Gasteiger partial charge in [0.25, 0.3) is 10.0 Å². The maximum absolute atomic E-state index is 12.8. The molecule has 2 aromatic carbocycles. The van der Waals surface area contributed by atoms with Gasteiger partial charge in [0.15, 0.2) is 0 Å². The fourth-order valence-corrected chi connectivity index (χ4v) is 5.54. The highest BCUT2D eigenvalue weighted by Gasteiger charge is 2.37. The second-order valence-corrected chi connectivity index (χ2v) is 8.59. The monoisotopic (exact) mass is 374 g/mol. The van der Waals surface area contributed by atoms with Gasteiger partial charge in [0.1, 0.15) is 6.54 Å². The van der Waals surface area contributed by atoms with Crippen LogP contribution >= 0.6 is 0 Å². The number of anilines is 1. The number of sulfonamides is 1. The Morgan fingerprint density at radius 1 is 1.15 bits per heavy atom. The molecule has 0 spiro atoms. The molecule has 0 radical (unpaired) electrons. The second kappa shape index (κ2) is 5.98. The zero-order valence-corrected chi connectivity index (χ0v) is 14.7. The molecule has 2 aliphatic rings. The Hall–Kier alpha value is -2.61. The lowest BCUT2D eigenvalue weighted by molar-refractivity contribution is -0.141. The molecule has 1 heterocycles. The van der Waals surface area contributed by atoms with Gasteiger partial charge >= 0.3 is 5.97 Å². The van der Waals surface area contributed by atoms with Crippen LogP contribution in [0.15, 0.2) is 41.3 Å². The van der Waals surface area contributed by atoms with E-state index in [0.29, 0.717) is 30.3 Å². The van der Waals surface area contributed by atoms with Crippen LogP contribution in [-0.2, 0) is 19.6 Å². The van der Waals surface area contributed by atoms with Gasteiger partial charge in [-0.25, -0.2) is 8.42 Å². The smallest absolute Gasteiger partial charge is 0.306 e. The number of amides is 1. The molecule has 2 N–H and O–H groups in total. The van der Waals surface area contributed by atoms with E-state index in [1.54, 1.807) is 24.3 Å². The number of hydrogen-bond acceptors (Lipinski definition) is 4. The summed E-state index contributed by atoms with van der Waals surface area (Å²) in [4.78, 5) is 23.7. The van der Waals surface area contributed by atoms with Crippen molar-refractivity contribution >= 4 is 38.4 Å². The standard InChI is InChI=1S/C18H18N2O5S/c21-16(19-13-8-7-12(9-13)18(22)23)10-20-14-5-1-3-11-4-2-6-15(17(11)14)26(20,24)25/h1-6,12-13H,7-10H2,(H,19,21)(H,22,23)/t12-,13+/m0/s1. The molecule has 8 heteroatoms. The number of carboxylic acid groups (broad SMARTS) is 1. The van der Waals surface area contributed by atoms with Crippen molar-refractivity contribution in [1.82, 2.24) is 5.32 Å². The second-order valence-electron chi connectivity index (χ2n) is 6.76. The minimum Gasteiger partial charge on any atom is -0.481 e. The molecule has 0 saturated heterocycles. The number of carbonyl (C=O) groups is 2. The summed E-state index contributed by atoms with van der Waals surface area (Å²) in [6.07, 6.45) is 1.49. The Kier molecular flexibility index (Phi) is 3.87. The lowest BCUT2D eigenvalue weighted by Gasteiger charge is -2.20. The third-order valence-corrected chi connectivity index (χ3v) is 6.92. The third-order valence-electron chi connectivity index (χ3n) is 5.12. The Bertz CT molecular complexity index is 1010. The average Bonchev–Trinajstić information content (AvgIpc) is 3.14. The predicted octanol–water partition coefficient (Wildman–Crippen LogP) is 1.72. The molecule has 7 nitrogen and oxygen atoms in total. The van der Waals surface area contributed by atoms with E-state index in [4.69, 9.17) is 5.11 Å². The first kappa shape index (κ1) is 16.8. The van der Waals surface area contributed by atoms with Gasteiger partial charge in [-0.1, -0.05) is 24.3 Å². The minimum absolute atomic E-state index is 0.213. The Labute approximate surface area is 150 Å². The van der Waals surface area contributed by atoms with Gasteiger partial charge in [-0.3, -0.25) is 13.9 Å². The van der Waals surface area contributed by atoms with Crippen LogP contribution in [0.2, 0.25) is 0 Å². The van der Waals surface area contributed by atoms with E-state index in [9.17, 15) is 18.0 Å². The SMILES string of the molecule is O=C(CN1c2cccc3cccc(c23)S1(=O)=O)N[C@@H]1CC[C@H](C(=O)O)C1. The summed E-state index contributed by atoms with van der Waals surface area (Å²) >= 11 is 0. The number of hydrogen-bond donors (Lipinski definition) is 2. The molecule has 0 aromatic heterocycles. The molecule has 0 bridgehead atoms. The Morgan fingerprint density at radius 2 is 1.88 bits per heavy atom. The molecule has 1 amide bonds. The molecule has 2 aromatic rings. The molecule has 2 atom stereocenters. The van der Waals surface area contributed by atoms with Crippen molar-refractivity contribution in [2.75, 3.05) is 10.8 Å². The molecule has 1 fully saturated rings. The minimum atomic E-state index is -3.77. The van der Waals surface area contributed by atoms with Crippen LogP contribution in [0.4, 0.5) is 5.69 Å². The molecule has 1 saturated carbocycles. The predicted molar refractivity (Wildman–Crippen MR) is 95.4 cm³/mol. The van der Waals surface area contributed by atoms with E-state index < -0.39 is 27.8 Å². The van der Waals surface area contributed by atoms with Crippen LogP contribution in [0.25, 0.3) is 10.8 Å². The van der Waals surface area contributed by atoms with Crippen molar-refractivity contribution in [1.29, 1.82) is 0 Å². The fraction of sp³-hybridized carbons (Fsp3) is 0.333. The van der Waals surface area contributed by atoms with Crippen LogP contribution in [0, 0.1) is 5.92 Å². The van der Waals surface area contributed by atoms with Gasteiger partial charge in [0.05, 0.1) is 16.5 Å². The maximum atomic E-state index is 12.8. The summed E-state index contributed by atoms with van der Waals surface area (Å²) in [5, 5.41) is 13.3. The van der Waals surface area contributed by atoms with Crippen LogP contribution < -0.4 is 9.62 Å². The summed E-state index contributed by atoms with van der Waals surface area (Å²) in [6.45, 7) is -0.315. The number of aliphatic carboxylic acids is 1. The van der Waals surface area contributed by atoms with E-state index in [1.807, 2.05) is 12.1 Å². The zero-order chi connectivity index (χ0) is 18.5. The number of rotatable bonds is 4. The Morgan fingerprint density at radius 3 is 2.58 bits per heavy atom. The summed E-state index contributed by atoms with van der Waals surface area (Å²) in [6, 6.07) is 10.1. The maximum Gasteiger partial charge on any atom is 0.306 e. The van der Waals surface area contributed by atoms with Gasteiger partial charge in [-0.2, -0.15) is 0 Å². The molecule has 26 heavy (non-hydrogen) atoms. The fourth-order valence-electron chi connectivity index (χ4n) is 3.87. The number of carboxylic acids is 1. The van der Waals surface area contributed by atoms with Gasteiger partial charge < -0.3 is 10.4 Å². The first-order chi connectivity index (χ1) is 12.4. The molecule has 136 valence electrons. The summed E-state index contributed by atoms with van der Waals surface area (Å²) in [7, 11) is -3.77. The molecule has 4 rings (SSSR count). The Balaban J connectivity index is 1.55. The summed E-state index contributed by atoms with van der Waals surface area (Å²) < 4.78 is 26.8. The first-order valence-corrected chi connectivity index (χ1v) is 9.88. The highest BCUT2D eigenvalue weighted by atomic mass is 32.2. The highest BCUT2D eigenvalue weighted by molar-refractivity contribution is 7.93. The van der Waals surface area contributed by atoms with Crippen molar-refractivity contribution in [2.45, 2.75) is 30.2 Å². The molecule has 1 aliphatic heterocycles. The molecular formula is C18H18N2O5S. The van der Waals surface area contributed by atoms with Gasteiger partial charge in [-0.05, 0) is 36.8 Å². The van der Waals surface area contributed by atoms with Crippen molar-refractivity contribution in [3.63, 3.8) is 0 Å². The molecule has 1 aliphatic carbocycles. The van der Waals surface area contributed by atoms with Crippen molar-refractivity contribution in [3.05, 3.63) is 36.4 Å². The highest BCUT2D eigenvalue weighted by Crippen LogP contribution is 2.41. The van der Waals surface area contributed by atoms with E-state index in [-0.39, 0.29) is 17.5 Å². The summed E-state index contributed by atoms with van der Waals surface area (Å²) in [5.41, 5.74) is 0.503. The average molecular weight is 374 g/mol. The van der Waals surface area contributed by atoms with Gasteiger partial charge in [0, 0.05) is 11.4 Å². The van der Waals surface area contributed by atoms with Gasteiger partial charge in [-0.15, -0.1) is 0 Å². The zero-order valence-electron chi connectivity index (χ0n) is 13.9. The topological polar surface area (TPSA) is 104 Å². The van der Waals surface area contributed by atoms with Crippen LogP contribution in [0.1, 0.15) is 19.3 Å².